The van der Waals surface area contributed by atoms with Gasteiger partial charge in [0, 0.05) is 5.69 Å². The first-order chi connectivity index (χ1) is 6.91. The van der Waals surface area contributed by atoms with Gasteiger partial charge in [-0.1, -0.05) is 0 Å². The van der Waals surface area contributed by atoms with Crippen molar-refractivity contribution in [1.29, 1.82) is 0 Å². The van der Waals surface area contributed by atoms with Crippen molar-refractivity contribution in [2.45, 2.75) is 39.8 Å². The zero-order valence-electron chi connectivity index (χ0n) is 9.19. The molecule has 0 bridgehead atoms. The summed E-state index contributed by atoms with van der Waals surface area (Å²) in [4.78, 5) is 10.4. The van der Waals surface area contributed by atoms with Gasteiger partial charge < -0.3 is 10.2 Å². The average Bonchev–Trinajstić information content (AvgIpc) is 2.32. The third-order valence-corrected chi connectivity index (χ3v) is 2.54. The Hall–Kier alpha value is -1.36. The summed E-state index contributed by atoms with van der Waals surface area (Å²) in [5.41, 5.74) is 2.96. The zero-order chi connectivity index (χ0) is 11.6. The lowest BCUT2D eigenvalue weighted by molar-refractivity contribution is -0.139. The Kier molecular flexibility index (Phi) is 3.47. The van der Waals surface area contributed by atoms with Crippen LogP contribution in [0.5, 0.6) is 0 Å². The van der Waals surface area contributed by atoms with Gasteiger partial charge in [0.15, 0.2) is 0 Å². The molecule has 0 amide bonds. The maximum absolute atomic E-state index is 10.4. The molecule has 0 saturated carbocycles. The molecule has 0 fully saturated rings. The summed E-state index contributed by atoms with van der Waals surface area (Å²) in [6, 6.07) is 0. The number of aliphatic carboxylic acids is 1. The van der Waals surface area contributed by atoms with Gasteiger partial charge in [0.25, 0.3) is 0 Å². The molecule has 0 radical (unpaired) electrons. The quantitative estimate of drug-likeness (QED) is 0.768. The van der Waals surface area contributed by atoms with Crippen LogP contribution in [0, 0.1) is 20.8 Å². The van der Waals surface area contributed by atoms with E-state index in [1.807, 2.05) is 20.8 Å². The van der Waals surface area contributed by atoms with Gasteiger partial charge in [0.1, 0.15) is 0 Å². The molecule has 1 aromatic heterocycles. The predicted molar refractivity (Wildman–Crippen MR) is 54.7 cm³/mol. The van der Waals surface area contributed by atoms with Crippen LogP contribution in [0.3, 0.4) is 0 Å². The number of aryl methyl sites for hydroxylation is 1. The molecule has 15 heavy (non-hydrogen) atoms. The maximum atomic E-state index is 10.4. The lowest BCUT2D eigenvalue weighted by Gasteiger charge is -2.09. The number of carboxylic acid groups (broad SMARTS) is 1. The summed E-state index contributed by atoms with van der Waals surface area (Å²) in [5.74, 6) is -0.999. The van der Waals surface area contributed by atoms with Gasteiger partial charge in [-0.25, -0.2) is 0 Å². The highest BCUT2D eigenvalue weighted by Gasteiger charge is 2.13. The van der Waals surface area contributed by atoms with E-state index in [-0.39, 0.29) is 13.0 Å². The number of aliphatic hydroxyl groups excluding tert-OH is 1. The van der Waals surface area contributed by atoms with Crippen LogP contribution >= 0.6 is 0 Å². The molecule has 0 aliphatic carbocycles. The standard InChI is InChI=1S/C10H16N2O3/c1-6-7(2)11-12(8(6)3)5-9(13)4-10(14)15/h9,13H,4-5H2,1-3H3,(H,14,15). The molecule has 0 saturated heterocycles. The molecule has 1 unspecified atom stereocenters. The summed E-state index contributed by atoms with van der Waals surface area (Å²) < 4.78 is 1.65. The minimum absolute atomic E-state index is 0.229. The van der Waals surface area contributed by atoms with Crippen LogP contribution in [0.4, 0.5) is 0 Å². The van der Waals surface area contributed by atoms with Crippen molar-refractivity contribution in [3.8, 4) is 0 Å². The van der Waals surface area contributed by atoms with Crippen molar-refractivity contribution in [2.75, 3.05) is 0 Å². The minimum Gasteiger partial charge on any atom is -0.481 e. The zero-order valence-corrected chi connectivity index (χ0v) is 9.19. The second kappa shape index (κ2) is 4.44. The van der Waals surface area contributed by atoms with E-state index in [1.165, 1.54) is 0 Å². The van der Waals surface area contributed by atoms with Gasteiger partial charge in [-0.3, -0.25) is 9.48 Å². The Morgan fingerprint density at radius 2 is 2.07 bits per heavy atom. The number of rotatable bonds is 4. The summed E-state index contributed by atoms with van der Waals surface area (Å²) in [5, 5.41) is 22.2. The second-order valence-corrected chi connectivity index (χ2v) is 3.73. The van der Waals surface area contributed by atoms with Gasteiger partial charge >= 0.3 is 5.97 Å². The van der Waals surface area contributed by atoms with Gasteiger partial charge in [-0.15, -0.1) is 0 Å². The topological polar surface area (TPSA) is 75.3 Å². The number of aromatic nitrogens is 2. The summed E-state index contributed by atoms with van der Waals surface area (Å²) in [6.45, 7) is 5.98. The van der Waals surface area contributed by atoms with Crippen molar-refractivity contribution in [1.82, 2.24) is 9.78 Å². The van der Waals surface area contributed by atoms with Crippen LogP contribution in [-0.4, -0.2) is 32.1 Å². The van der Waals surface area contributed by atoms with E-state index in [4.69, 9.17) is 5.11 Å². The number of nitrogens with zero attached hydrogens (tertiary/aromatic N) is 2. The summed E-state index contributed by atoms with van der Waals surface area (Å²) >= 11 is 0. The maximum Gasteiger partial charge on any atom is 0.306 e. The molecule has 1 rings (SSSR count). The second-order valence-electron chi connectivity index (χ2n) is 3.73. The summed E-state index contributed by atoms with van der Waals surface area (Å²) in [6.07, 6.45) is -1.14. The van der Waals surface area contributed by atoms with E-state index in [0.29, 0.717) is 0 Å². The third kappa shape index (κ3) is 2.79. The molecule has 0 aliphatic heterocycles. The minimum atomic E-state index is -0.999. The number of carboxylic acids is 1. The van der Waals surface area contributed by atoms with Crippen molar-refractivity contribution in [3.05, 3.63) is 17.0 Å². The fraction of sp³-hybridized carbons (Fsp3) is 0.600. The summed E-state index contributed by atoms with van der Waals surface area (Å²) in [7, 11) is 0. The Bertz CT molecular complexity index is 371. The Labute approximate surface area is 88.3 Å². The molecule has 5 heteroatoms. The van der Waals surface area contributed by atoms with Crippen molar-refractivity contribution in [3.63, 3.8) is 0 Å². The monoisotopic (exact) mass is 212 g/mol. The highest BCUT2D eigenvalue weighted by molar-refractivity contribution is 5.67. The first kappa shape index (κ1) is 11.7. The highest BCUT2D eigenvalue weighted by atomic mass is 16.4. The van der Waals surface area contributed by atoms with Gasteiger partial charge in [-0.2, -0.15) is 5.10 Å². The first-order valence-corrected chi connectivity index (χ1v) is 4.82. The number of hydrogen-bond donors (Lipinski definition) is 2. The van der Waals surface area contributed by atoms with E-state index in [0.717, 1.165) is 17.0 Å². The van der Waals surface area contributed by atoms with Crippen molar-refractivity contribution >= 4 is 5.97 Å². The largest absolute Gasteiger partial charge is 0.481 e. The third-order valence-electron chi connectivity index (χ3n) is 2.54. The van der Waals surface area contributed by atoms with Gasteiger partial charge in [0.2, 0.25) is 0 Å². The first-order valence-electron chi connectivity index (χ1n) is 4.82. The van der Waals surface area contributed by atoms with Crippen LogP contribution in [0.25, 0.3) is 0 Å². The van der Waals surface area contributed by atoms with E-state index in [9.17, 15) is 9.90 Å². The number of carbonyl (C=O) groups is 1. The normalized spacial score (nSPS) is 12.8. The predicted octanol–water partition coefficient (Wildman–Crippen LogP) is 0.644. The highest BCUT2D eigenvalue weighted by Crippen LogP contribution is 2.11. The Balaban J connectivity index is 2.72. The Morgan fingerprint density at radius 1 is 1.47 bits per heavy atom. The van der Waals surface area contributed by atoms with E-state index >= 15 is 0 Å². The number of aliphatic hydroxyl groups is 1. The van der Waals surface area contributed by atoms with Crippen LogP contribution < -0.4 is 0 Å². The van der Waals surface area contributed by atoms with Crippen molar-refractivity contribution < 1.29 is 15.0 Å². The SMILES string of the molecule is Cc1nn(CC(O)CC(=O)O)c(C)c1C. The molecule has 0 aromatic carbocycles. The lowest BCUT2D eigenvalue weighted by atomic mass is 10.2. The molecule has 1 aromatic rings. The molecule has 1 atom stereocenters. The lowest BCUT2D eigenvalue weighted by Crippen LogP contribution is -2.21. The molecule has 84 valence electrons. The average molecular weight is 212 g/mol. The van der Waals surface area contributed by atoms with Gasteiger partial charge in [0.05, 0.1) is 24.8 Å². The van der Waals surface area contributed by atoms with Crippen LogP contribution in [-0.2, 0) is 11.3 Å². The fourth-order valence-corrected chi connectivity index (χ4v) is 1.43. The molecule has 1 heterocycles. The fourth-order valence-electron chi connectivity index (χ4n) is 1.43. The smallest absolute Gasteiger partial charge is 0.306 e. The molecule has 5 nitrogen and oxygen atoms in total. The van der Waals surface area contributed by atoms with Crippen molar-refractivity contribution in [2.24, 2.45) is 0 Å². The van der Waals surface area contributed by atoms with E-state index < -0.39 is 12.1 Å². The Morgan fingerprint density at radius 3 is 2.47 bits per heavy atom. The van der Waals surface area contributed by atoms with E-state index in [1.54, 1.807) is 4.68 Å². The molecular formula is C10H16N2O3. The number of hydrogen-bond acceptors (Lipinski definition) is 3. The molecular weight excluding hydrogens is 196 g/mol. The van der Waals surface area contributed by atoms with Gasteiger partial charge in [-0.05, 0) is 26.3 Å². The van der Waals surface area contributed by atoms with Crippen LogP contribution in [0.1, 0.15) is 23.4 Å². The van der Waals surface area contributed by atoms with E-state index in [2.05, 4.69) is 5.10 Å². The molecule has 2 N–H and O–H groups in total. The molecule has 0 spiro atoms. The van der Waals surface area contributed by atoms with Crippen LogP contribution in [0.15, 0.2) is 0 Å². The van der Waals surface area contributed by atoms with Crippen LogP contribution in [0.2, 0.25) is 0 Å². The molecule has 0 aliphatic rings.